The summed E-state index contributed by atoms with van der Waals surface area (Å²) in [5.74, 6) is 0. The molecule has 0 aliphatic carbocycles. The molecule has 1 heterocycles. The Morgan fingerprint density at radius 1 is 1.35 bits per heavy atom. The summed E-state index contributed by atoms with van der Waals surface area (Å²) in [7, 11) is 0. The van der Waals surface area contributed by atoms with Crippen LogP contribution in [0.5, 0.6) is 0 Å². The highest BCUT2D eigenvalue weighted by Gasteiger charge is 2.21. The summed E-state index contributed by atoms with van der Waals surface area (Å²) < 4.78 is 0.926. The number of thioether (sulfide) groups is 1. The molecule has 0 bridgehead atoms. The number of nitro benzene ring substituents is 1. The summed E-state index contributed by atoms with van der Waals surface area (Å²) in [6, 6.07) is 6.95. The maximum atomic E-state index is 11.0. The van der Waals surface area contributed by atoms with E-state index in [-0.39, 0.29) is 10.6 Å². The van der Waals surface area contributed by atoms with E-state index >= 15 is 0 Å². The SMILES string of the molecule is CSC(=S)N1CCN(Cc2ccccc2[N+](=O)[O-])CC1. The number of benzene rings is 1. The largest absolute Gasteiger partial charge is 0.355 e. The van der Waals surface area contributed by atoms with Gasteiger partial charge in [-0.25, -0.2) is 0 Å². The molecule has 0 unspecified atom stereocenters. The summed E-state index contributed by atoms with van der Waals surface area (Å²) in [4.78, 5) is 15.1. The van der Waals surface area contributed by atoms with E-state index in [0.717, 1.165) is 36.1 Å². The minimum atomic E-state index is -0.311. The molecule has 0 N–H and O–H groups in total. The third-order valence-electron chi connectivity index (χ3n) is 3.39. The number of rotatable bonds is 3. The van der Waals surface area contributed by atoms with E-state index in [9.17, 15) is 10.1 Å². The molecule has 1 aliphatic heterocycles. The zero-order valence-corrected chi connectivity index (χ0v) is 13.0. The van der Waals surface area contributed by atoms with Crippen LogP contribution < -0.4 is 0 Å². The summed E-state index contributed by atoms with van der Waals surface area (Å²) in [5.41, 5.74) is 0.980. The molecule has 1 aliphatic rings. The van der Waals surface area contributed by atoms with Crippen LogP contribution in [0.25, 0.3) is 0 Å². The van der Waals surface area contributed by atoms with E-state index in [0.29, 0.717) is 6.54 Å². The highest BCUT2D eigenvalue weighted by Crippen LogP contribution is 2.20. The zero-order valence-electron chi connectivity index (χ0n) is 11.3. The van der Waals surface area contributed by atoms with Crippen molar-refractivity contribution in [1.82, 2.24) is 9.80 Å². The van der Waals surface area contributed by atoms with Crippen LogP contribution in [0.15, 0.2) is 24.3 Å². The first-order valence-electron chi connectivity index (χ1n) is 6.39. The van der Waals surface area contributed by atoms with Crippen LogP contribution in [-0.4, -0.2) is 51.5 Å². The molecule has 1 aromatic carbocycles. The third-order valence-corrected chi connectivity index (χ3v) is 4.75. The summed E-state index contributed by atoms with van der Waals surface area (Å²) in [6.45, 7) is 4.16. The van der Waals surface area contributed by atoms with Crippen molar-refractivity contribution >= 4 is 34.0 Å². The smallest absolute Gasteiger partial charge is 0.273 e. The van der Waals surface area contributed by atoms with Gasteiger partial charge in [-0.3, -0.25) is 15.0 Å². The number of hydrogen-bond donors (Lipinski definition) is 0. The molecule has 0 amide bonds. The maximum absolute atomic E-state index is 11.0. The molecule has 0 spiro atoms. The lowest BCUT2D eigenvalue weighted by Gasteiger charge is -2.35. The van der Waals surface area contributed by atoms with E-state index in [4.69, 9.17) is 12.2 Å². The number of nitrogens with zero attached hydrogens (tertiary/aromatic N) is 3. The molecule has 1 saturated heterocycles. The molecule has 20 heavy (non-hydrogen) atoms. The Morgan fingerprint density at radius 2 is 2.00 bits per heavy atom. The van der Waals surface area contributed by atoms with Gasteiger partial charge in [0.2, 0.25) is 0 Å². The van der Waals surface area contributed by atoms with E-state index in [2.05, 4.69) is 9.80 Å². The van der Waals surface area contributed by atoms with Gasteiger partial charge in [-0.15, -0.1) is 11.8 Å². The first-order valence-corrected chi connectivity index (χ1v) is 8.02. The van der Waals surface area contributed by atoms with Crippen molar-refractivity contribution in [2.45, 2.75) is 6.54 Å². The molecular weight excluding hydrogens is 294 g/mol. The van der Waals surface area contributed by atoms with Crippen LogP contribution in [0.2, 0.25) is 0 Å². The van der Waals surface area contributed by atoms with Gasteiger partial charge in [-0.2, -0.15) is 0 Å². The van der Waals surface area contributed by atoms with Gasteiger partial charge in [0.15, 0.2) is 0 Å². The van der Waals surface area contributed by atoms with Crippen molar-refractivity contribution in [3.05, 3.63) is 39.9 Å². The molecule has 0 atom stereocenters. The van der Waals surface area contributed by atoms with E-state index in [1.54, 1.807) is 23.9 Å². The van der Waals surface area contributed by atoms with Crippen molar-refractivity contribution < 1.29 is 4.92 Å². The number of hydrogen-bond acceptors (Lipinski definition) is 5. The van der Waals surface area contributed by atoms with Crippen LogP contribution >= 0.6 is 24.0 Å². The Hall–Kier alpha value is -1.18. The van der Waals surface area contributed by atoms with E-state index in [1.807, 2.05) is 18.4 Å². The Balaban J connectivity index is 1.96. The van der Waals surface area contributed by atoms with Gasteiger partial charge < -0.3 is 4.90 Å². The number of thiocarbonyl (C=S) groups is 1. The minimum Gasteiger partial charge on any atom is -0.355 e. The molecule has 2 rings (SSSR count). The monoisotopic (exact) mass is 311 g/mol. The number of nitro groups is 1. The Kier molecular flexibility index (Phi) is 5.33. The number of piperazine rings is 1. The topological polar surface area (TPSA) is 49.6 Å². The fourth-order valence-electron chi connectivity index (χ4n) is 2.28. The maximum Gasteiger partial charge on any atom is 0.273 e. The molecule has 108 valence electrons. The van der Waals surface area contributed by atoms with Gasteiger partial charge in [0.05, 0.1) is 4.92 Å². The standard InChI is InChI=1S/C13H17N3O2S2/c1-20-13(19)15-8-6-14(7-9-15)10-11-4-2-3-5-12(11)16(17)18/h2-5H,6-10H2,1H3. The van der Waals surface area contributed by atoms with Crippen LogP contribution in [-0.2, 0) is 6.54 Å². The summed E-state index contributed by atoms with van der Waals surface area (Å²) in [6.07, 6.45) is 1.99. The van der Waals surface area contributed by atoms with Crippen LogP contribution in [0.3, 0.4) is 0 Å². The first kappa shape index (κ1) is 15.2. The third kappa shape index (κ3) is 3.68. The summed E-state index contributed by atoms with van der Waals surface area (Å²) in [5, 5.41) is 11.0. The molecule has 7 heteroatoms. The van der Waals surface area contributed by atoms with Crippen molar-refractivity contribution in [3.63, 3.8) is 0 Å². The molecule has 5 nitrogen and oxygen atoms in total. The Labute approximate surface area is 128 Å². The van der Waals surface area contributed by atoms with Crippen molar-refractivity contribution in [2.24, 2.45) is 0 Å². The van der Waals surface area contributed by atoms with Crippen molar-refractivity contribution in [2.75, 3.05) is 32.4 Å². The Bertz CT molecular complexity index is 502. The lowest BCUT2D eigenvalue weighted by Crippen LogP contribution is -2.47. The van der Waals surface area contributed by atoms with Crippen LogP contribution in [0.4, 0.5) is 5.69 Å². The highest BCUT2D eigenvalue weighted by molar-refractivity contribution is 8.22. The van der Waals surface area contributed by atoms with Gasteiger partial charge >= 0.3 is 0 Å². The van der Waals surface area contributed by atoms with Gasteiger partial charge in [0.1, 0.15) is 4.32 Å². The quantitative estimate of drug-likeness (QED) is 0.485. The predicted octanol–water partition coefficient (Wildman–Crippen LogP) is 2.36. The minimum absolute atomic E-state index is 0.203. The first-order chi connectivity index (χ1) is 9.61. The molecule has 0 aromatic heterocycles. The predicted molar refractivity (Wildman–Crippen MR) is 86.1 cm³/mol. The molecule has 1 fully saturated rings. The Morgan fingerprint density at radius 3 is 2.60 bits per heavy atom. The van der Waals surface area contributed by atoms with Crippen LogP contribution in [0.1, 0.15) is 5.56 Å². The van der Waals surface area contributed by atoms with Gasteiger partial charge in [0, 0.05) is 44.4 Å². The molecule has 0 radical (unpaired) electrons. The normalized spacial score (nSPS) is 16.1. The van der Waals surface area contributed by atoms with Crippen molar-refractivity contribution in [1.29, 1.82) is 0 Å². The average Bonchev–Trinajstić information content (AvgIpc) is 2.47. The van der Waals surface area contributed by atoms with Gasteiger partial charge in [-0.1, -0.05) is 30.4 Å². The summed E-state index contributed by atoms with van der Waals surface area (Å²) >= 11 is 6.87. The second-order valence-electron chi connectivity index (χ2n) is 4.62. The fraction of sp³-hybridized carbons (Fsp3) is 0.462. The highest BCUT2D eigenvalue weighted by atomic mass is 32.2. The van der Waals surface area contributed by atoms with E-state index < -0.39 is 0 Å². The van der Waals surface area contributed by atoms with Crippen molar-refractivity contribution in [3.8, 4) is 0 Å². The zero-order chi connectivity index (χ0) is 14.5. The van der Waals surface area contributed by atoms with E-state index in [1.165, 1.54) is 0 Å². The molecule has 1 aromatic rings. The second kappa shape index (κ2) is 7.01. The number of para-hydroxylation sites is 1. The average molecular weight is 311 g/mol. The molecular formula is C13H17N3O2S2. The second-order valence-corrected chi connectivity index (χ2v) is 6.06. The van der Waals surface area contributed by atoms with Gasteiger partial charge in [0.25, 0.3) is 5.69 Å². The van der Waals surface area contributed by atoms with Crippen LogP contribution in [0, 0.1) is 10.1 Å². The fourth-order valence-corrected chi connectivity index (χ4v) is 2.90. The lowest BCUT2D eigenvalue weighted by molar-refractivity contribution is -0.385. The lowest BCUT2D eigenvalue weighted by atomic mass is 10.1. The van der Waals surface area contributed by atoms with Gasteiger partial charge in [-0.05, 0) is 6.26 Å². The molecule has 0 saturated carbocycles.